The monoisotopic (exact) mass is 222 g/mol. The second kappa shape index (κ2) is 3.65. The topological polar surface area (TPSA) is 87.1 Å². The van der Waals surface area contributed by atoms with Gasteiger partial charge in [0, 0.05) is 11.3 Å². The highest BCUT2D eigenvalue weighted by Crippen LogP contribution is 2.33. The molecule has 0 radical (unpaired) electrons. The van der Waals surface area contributed by atoms with E-state index in [0.717, 1.165) is 10.4 Å². The summed E-state index contributed by atoms with van der Waals surface area (Å²) in [4.78, 5) is 12.4. The second-order valence-corrected chi connectivity index (χ2v) is 4.69. The minimum Gasteiger partial charge on any atom is -0.393 e. The fourth-order valence-electron chi connectivity index (χ4n) is 1.86. The van der Waals surface area contributed by atoms with E-state index in [1.54, 1.807) is 0 Å². The van der Waals surface area contributed by atoms with E-state index in [-0.39, 0.29) is 6.10 Å². The molecule has 1 amide bonds. The van der Waals surface area contributed by atoms with E-state index in [0.29, 0.717) is 29.7 Å². The average molecular weight is 222 g/mol. The van der Waals surface area contributed by atoms with Crippen molar-refractivity contribution < 1.29 is 9.90 Å². The van der Waals surface area contributed by atoms with Crippen molar-refractivity contribution in [3.8, 4) is 6.07 Å². The summed E-state index contributed by atoms with van der Waals surface area (Å²) in [5.41, 5.74) is 6.51. The van der Waals surface area contributed by atoms with Crippen LogP contribution in [0.5, 0.6) is 0 Å². The van der Waals surface area contributed by atoms with Crippen LogP contribution in [-0.2, 0) is 12.8 Å². The lowest BCUT2D eigenvalue weighted by Crippen LogP contribution is -2.17. The Balaban J connectivity index is 2.54. The molecule has 0 spiro atoms. The van der Waals surface area contributed by atoms with E-state index in [4.69, 9.17) is 11.0 Å². The summed E-state index contributed by atoms with van der Waals surface area (Å²) in [5, 5.41) is 18.4. The number of fused-ring (bicyclic) bond motifs is 1. The molecule has 1 aliphatic carbocycles. The molecule has 0 saturated carbocycles. The maximum absolute atomic E-state index is 11.1. The molecule has 0 saturated heterocycles. The van der Waals surface area contributed by atoms with Gasteiger partial charge in [0.2, 0.25) is 0 Å². The van der Waals surface area contributed by atoms with E-state index in [1.165, 1.54) is 11.3 Å². The molecule has 5 heteroatoms. The van der Waals surface area contributed by atoms with Gasteiger partial charge in [-0.05, 0) is 18.4 Å². The summed E-state index contributed by atoms with van der Waals surface area (Å²) in [5.74, 6) is -0.555. The van der Waals surface area contributed by atoms with E-state index in [1.807, 2.05) is 6.07 Å². The maximum atomic E-state index is 11.1. The van der Waals surface area contributed by atoms with Crippen molar-refractivity contribution in [2.75, 3.05) is 0 Å². The minimum absolute atomic E-state index is 0.330. The zero-order chi connectivity index (χ0) is 11.0. The summed E-state index contributed by atoms with van der Waals surface area (Å²) < 4.78 is 0. The van der Waals surface area contributed by atoms with E-state index >= 15 is 0 Å². The highest BCUT2D eigenvalue weighted by atomic mass is 32.1. The lowest BCUT2D eigenvalue weighted by Gasteiger charge is -2.16. The Bertz CT molecular complexity index is 459. The zero-order valence-corrected chi connectivity index (χ0v) is 8.80. The van der Waals surface area contributed by atoms with Crippen LogP contribution >= 0.6 is 11.3 Å². The second-order valence-electron chi connectivity index (χ2n) is 3.58. The van der Waals surface area contributed by atoms with Crippen LogP contribution in [0.3, 0.4) is 0 Å². The largest absolute Gasteiger partial charge is 0.393 e. The van der Waals surface area contributed by atoms with Crippen molar-refractivity contribution in [3.05, 3.63) is 20.9 Å². The van der Waals surface area contributed by atoms with Crippen LogP contribution in [0.4, 0.5) is 0 Å². The molecule has 15 heavy (non-hydrogen) atoms. The normalized spacial score (nSPS) is 19.3. The summed E-state index contributed by atoms with van der Waals surface area (Å²) in [6, 6.07) is 2.03. The molecule has 1 atom stereocenters. The number of hydrogen-bond donors (Lipinski definition) is 2. The molecular formula is C10H10N2O2S. The number of nitrogens with two attached hydrogens (primary N) is 1. The molecular weight excluding hydrogens is 212 g/mol. The van der Waals surface area contributed by atoms with Gasteiger partial charge in [-0.2, -0.15) is 5.26 Å². The van der Waals surface area contributed by atoms with Crippen molar-refractivity contribution >= 4 is 17.2 Å². The van der Waals surface area contributed by atoms with Gasteiger partial charge in [0.25, 0.3) is 5.91 Å². The molecule has 1 heterocycles. The third-order valence-corrected chi connectivity index (χ3v) is 3.84. The summed E-state index contributed by atoms with van der Waals surface area (Å²) in [7, 11) is 0. The first kappa shape index (κ1) is 10.1. The van der Waals surface area contributed by atoms with Gasteiger partial charge in [0.05, 0.1) is 11.7 Å². The molecule has 1 unspecified atom stereocenters. The van der Waals surface area contributed by atoms with Crippen LogP contribution in [0.1, 0.15) is 32.1 Å². The number of carbonyl (C=O) groups is 1. The predicted molar refractivity (Wildman–Crippen MR) is 55.6 cm³/mol. The maximum Gasteiger partial charge on any atom is 0.260 e. The number of primary amides is 1. The average Bonchev–Trinajstić information content (AvgIpc) is 2.55. The van der Waals surface area contributed by atoms with Gasteiger partial charge in [0.15, 0.2) is 0 Å². The smallest absolute Gasteiger partial charge is 0.260 e. The molecule has 1 aliphatic rings. The summed E-state index contributed by atoms with van der Waals surface area (Å²) in [6.07, 6.45) is 1.48. The quantitative estimate of drug-likeness (QED) is 0.728. The summed E-state index contributed by atoms with van der Waals surface area (Å²) >= 11 is 1.24. The third-order valence-electron chi connectivity index (χ3n) is 2.57. The molecule has 0 aliphatic heterocycles. The van der Waals surface area contributed by atoms with E-state index < -0.39 is 5.91 Å². The number of aliphatic hydroxyl groups excluding tert-OH is 1. The molecule has 4 nitrogen and oxygen atoms in total. The SMILES string of the molecule is N#Cc1c(C(N)=O)sc2c1CCC(O)C2. The van der Waals surface area contributed by atoms with Crippen molar-refractivity contribution in [3.63, 3.8) is 0 Å². The molecule has 1 aromatic rings. The zero-order valence-electron chi connectivity index (χ0n) is 7.99. The van der Waals surface area contributed by atoms with Crippen LogP contribution in [0.2, 0.25) is 0 Å². The van der Waals surface area contributed by atoms with Crippen LogP contribution < -0.4 is 5.73 Å². The predicted octanol–water partition coefficient (Wildman–Crippen LogP) is 0.568. The number of rotatable bonds is 1. The Labute approximate surface area is 90.9 Å². The first-order chi connectivity index (χ1) is 7.13. The number of hydrogen-bond acceptors (Lipinski definition) is 4. The Morgan fingerprint density at radius 3 is 3.00 bits per heavy atom. The Morgan fingerprint density at radius 1 is 1.67 bits per heavy atom. The molecule has 3 N–H and O–H groups in total. The van der Waals surface area contributed by atoms with Gasteiger partial charge >= 0.3 is 0 Å². The van der Waals surface area contributed by atoms with E-state index in [9.17, 15) is 9.90 Å². The Morgan fingerprint density at radius 2 is 2.40 bits per heavy atom. The van der Waals surface area contributed by atoms with E-state index in [2.05, 4.69) is 0 Å². The number of carbonyl (C=O) groups excluding carboxylic acids is 1. The van der Waals surface area contributed by atoms with Crippen molar-refractivity contribution in [2.45, 2.75) is 25.4 Å². The van der Waals surface area contributed by atoms with Gasteiger partial charge in [-0.3, -0.25) is 4.79 Å². The van der Waals surface area contributed by atoms with Crippen LogP contribution in [0.25, 0.3) is 0 Å². The Hall–Kier alpha value is -1.38. The number of amides is 1. The number of nitrogens with zero attached hydrogens (tertiary/aromatic N) is 1. The van der Waals surface area contributed by atoms with Crippen LogP contribution in [0.15, 0.2) is 0 Å². The molecule has 78 valence electrons. The third kappa shape index (κ3) is 1.62. The number of nitriles is 1. The molecule has 0 bridgehead atoms. The van der Waals surface area contributed by atoms with Crippen molar-refractivity contribution in [2.24, 2.45) is 5.73 Å². The fraction of sp³-hybridized carbons (Fsp3) is 0.400. The summed E-state index contributed by atoms with van der Waals surface area (Å²) in [6.45, 7) is 0. The Kier molecular flexibility index (Phi) is 2.47. The van der Waals surface area contributed by atoms with Gasteiger partial charge in [0.1, 0.15) is 10.9 Å². The van der Waals surface area contributed by atoms with Gasteiger partial charge in [-0.15, -0.1) is 11.3 Å². The highest BCUT2D eigenvalue weighted by molar-refractivity contribution is 7.14. The minimum atomic E-state index is -0.555. The van der Waals surface area contributed by atoms with Crippen molar-refractivity contribution in [1.82, 2.24) is 0 Å². The van der Waals surface area contributed by atoms with Gasteiger partial charge in [-0.1, -0.05) is 0 Å². The van der Waals surface area contributed by atoms with Crippen LogP contribution in [-0.4, -0.2) is 17.1 Å². The molecule has 0 aromatic carbocycles. The molecule has 2 rings (SSSR count). The highest BCUT2D eigenvalue weighted by Gasteiger charge is 2.26. The lowest BCUT2D eigenvalue weighted by atomic mass is 9.93. The molecule has 0 fully saturated rings. The first-order valence-electron chi connectivity index (χ1n) is 4.66. The lowest BCUT2D eigenvalue weighted by molar-refractivity contribution is 0.100. The molecule has 1 aromatic heterocycles. The number of thiophene rings is 1. The van der Waals surface area contributed by atoms with Gasteiger partial charge < -0.3 is 10.8 Å². The fourth-order valence-corrected chi connectivity index (χ4v) is 3.08. The number of aliphatic hydroxyl groups is 1. The van der Waals surface area contributed by atoms with Gasteiger partial charge in [-0.25, -0.2) is 0 Å². The standard InChI is InChI=1S/C10H10N2O2S/c11-4-7-6-2-1-5(13)3-8(6)15-9(7)10(12)14/h5,13H,1-3H2,(H2,12,14). The first-order valence-corrected chi connectivity index (χ1v) is 5.47. The van der Waals surface area contributed by atoms with Crippen molar-refractivity contribution in [1.29, 1.82) is 5.26 Å². The van der Waals surface area contributed by atoms with Crippen LogP contribution in [0, 0.1) is 11.3 Å².